The number of benzene rings is 2. The van der Waals surface area contributed by atoms with Crippen molar-refractivity contribution < 1.29 is 9.18 Å². The standard InChI is InChI=1S/C14H9ClFN5O/c15-11-3-1-2-4-12(11)18-14(22)10-7-9(16)5-6-13(10)21-8-17-19-20-21/h1-8H,(H,18,22). The Morgan fingerprint density at radius 2 is 2.05 bits per heavy atom. The van der Waals surface area contributed by atoms with Crippen molar-refractivity contribution in [3.8, 4) is 5.69 Å². The van der Waals surface area contributed by atoms with Gasteiger partial charge in [-0.3, -0.25) is 4.79 Å². The first-order valence-corrected chi connectivity index (χ1v) is 6.62. The number of hydrogen-bond donors (Lipinski definition) is 1. The molecular weight excluding hydrogens is 309 g/mol. The van der Waals surface area contributed by atoms with Crippen molar-refractivity contribution in [3.63, 3.8) is 0 Å². The van der Waals surface area contributed by atoms with Gasteiger partial charge in [-0.1, -0.05) is 23.7 Å². The van der Waals surface area contributed by atoms with Crippen LogP contribution in [0.15, 0.2) is 48.8 Å². The zero-order valence-corrected chi connectivity index (χ0v) is 11.8. The van der Waals surface area contributed by atoms with Gasteiger partial charge in [-0.05, 0) is 40.8 Å². The minimum atomic E-state index is -0.541. The fourth-order valence-corrected chi connectivity index (χ4v) is 2.10. The van der Waals surface area contributed by atoms with Gasteiger partial charge in [0.05, 0.1) is 22.0 Å². The Morgan fingerprint density at radius 1 is 1.23 bits per heavy atom. The summed E-state index contributed by atoms with van der Waals surface area (Å²) in [5.74, 6) is -1.06. The average molecular weight is 318 g/mol. The van der Waals surface area contributed by atoms with Crippen LogP contribution in [0.25, 0.3) is 5.69 Å². The molecule has 1 amide bonds. The summed E-state index contributed by atoms with van der Waals surface area (Å²) >= 11 is 6.00. The van der Waals surface area contributed by atoms with Crippen LogP contribution in [0, 0.1) is 5.82 Å². The van der Waals surface area contributed by atoms with Crippen molar-refractivity contribution in [3.05, 3.63) is 65.2 Å². The highest BCUT2D eigenvalue weighted by atomic mass is 35.5. The predicted molar refractivity (Wildman–Crippen MR) is 78.5 cm³/mol. The summed E-state index contributed by atoms with van der Waals surface area (Å²) in [7, 11) is 0. The highest BCUT2D eigenvalue weighted by Crippen LogP contribution is 2.23. The fourth-order valence-electron chi connectivity index (χ4n) is 1.91. The molecule has 1 heterocycles. The number of nitrogens with one attached hydrogen (secondary N) is 1. The summed E-state index contributed by atoms with van der Waals surface area (Å²) < 4.78 is 14.8. The number of aromatic nitrogens is 4. The van der Waals surface area contributed by atoms with Crippen LogP contribution < -0.4 is 5.32 Å². The van der Waals surface area contributed by atoms with Crippen molar-refractivity contribution in [2.24, 2.45) is 0 Å². The molecule has 0 unspecified atom stereocenters. The highest BCUT2D eigenvalue weighted by Gasteiger charge is 2.16. The molecule has 0 aliphatic heterocycles. The van der Waals surface area contributed by atoms with E-state index in [0.717, 1.165) is 6.07 Å². The summed E-state index contributed by atoms with van der Waals surface area (Å²) in [6.45, 7) is 0. The molecule has 0 saturated carbocycles. The molecule has 3 rings (SSSR count). The van der Waals surface area contributed by atoms with E-state index >= 15 is 0 Å². The van der Waals surface area contributed by atoms with E-state index in [1.807, 2.05) is 0 Å². The van der Waals surface area contributed by atoms with Gasteiger partial charge in [-0.15, -0.1) is 5.10 Å². The molecule has 8 heteroatoms. The number of nitrogens with zero attached hydrogens (tertiary/aromatic N) is 4. The zero-order valence-electron chi connectivity index (χ0n) is 11.1. The molecule has 110 valence electrons. The lowest BCUT2D eigenvalue weighted by Crippen LogP contribution is -2.16. The molecule has 6 nitrogen and oxygen atoms in total. The summed E-state index contributed by atoms with van der Waals surface area (Å²) in [5.41, 5.74) is 0.879. The van der Waals surface area contributed by atoms with E-state index in [0.29, 0.717) is 16.4 Å². The van der Waals surface area contributed by atoms with E-state index < -0.39 is 11.7 Å². The maximum absolute atomic E-state index is 13.5. The molecule has 1 aromatic heterocycles. The van der Waals surface area contributed by atoms with Crippen LogP contribution in [-0.2, 0) is 0 Å². The van der Waals surface area contributed by atoms with Gasteiger partial charge in [0.15, 0.2) is 0 Å². The topological polar surface area (TPSA) is 72.7 Å². The molecule has 3 aromatic rings. The number of rotatable bonds is 3. The van der Waals surface area contributed by atoms with Crippen LogP contribution >= 0.6 is 11.6 Å². The number of amides is 1. The maximum Gasteiger partial charge on any atom is 0.258 e. The Labute approximate surface area is 129 Å². The Morgan fingerprint density at radius 3 is 2.77 bits per heavy atom. The van der Waals surface area contributed by atoms with E-state index in [1.54, 1.807) is 24.3 Å². The Balaban J connectivity index is 1.99. The van der Waals surface area contributed by atoms with E-state index in [4.69, 9.17) is 11.6 Å². The molecule has 0 bridgehead atoms. The summed E-state index contributed by atoms with van der Waals surface area (Å²) in [5, 5.41) is 13.7. The second-order valence-corrected chi connectivity index (χ2v) is 4.76. The third-order valence-electron chi connectivity index (χ3n) is 2.92. The van der Waals surface area contributed by atoms with Crippen LogP contribution in [0.5, 0.6) is 0 Å². The first-order chi connectivity index (χ1) is 10.6. The third-order valence-corrected chi connectivity index (χ3v) is 3.25. The molecule has 0 fully saturated rings. The average Bonchev–Trinajstić information content (AvgIpc) is 3.03. The molecule has 0 aliphatic carbocycles. The molecular formula is C14H9ClFN5O. The third kappa shape index (κ3) is 2.79. The fraction of sp³-hybridized carbons (Fsp3) is 0. The molecule has 0 saturated heterocycles. The second kappa shape index (κ2) is 5.90. The van der Waals surface area contributed by atoms with Crippen LogP contribution in [-0.4, -0.2) is 26.1 Å². The predicted octanol–water partition coefficient (Wildman–Crippen LogP) is 2.71. The minimum absolute atomic E-state index is 0.0900. The molecule has 0 aliphatic rings. The van der Waals surface area contributed by atoms with Gasteiger partial charge < -0.3 is 5.32 Å². The van der Waals surface area contributed by atoms with Gasteiger partial charge in [0.25, 0.3) is 5.91 Å². The summed E-state index contributed by atoms with van der Waals surface area (Å²) in [6.07, 6.45) is 1.32. The SMILES string of the molecule is O=C(Nc1ccccc1Cl)c1cc(F)ccc1-n1cnnn1. The van der Waals surface area contributed by atoms with Gasteiger partial charge >= 0.3 is 0 Å². The monoisotopic (exact) mass is 317 g/mol. The van der Waals surface area contributed by atoms with Gasteiger partial charge in [0, 0.05) is 0 Å². The van der Waals surface area contributed by atoms with Crippen LogP contribution in [0.4, 0.5) is 10.1 Å². The molecule has 0 radical (unpaired) electrons. The molecule has 1 N–H and O–H groups in total. The quantitative estimate of drug-likeness (QED) is 0.806. The lowest BCUT2D eigenvalue weighted by atomic mass is 10.1. The van der Waals surface area contributed by atoms with Gasteiger partial charge in [-0.2, -0.15) is 4.68 Å². The Hall–Kier alpha value is -2.80. The second-order valence-electron chi connectivity index (χ2n) is 4.35. The Bertz CT molecular complexity index is 822. The first kappa shape index (κ1) is 14.2. The lowest BCUT2D eigenvalue weighted by molar-refractivity contribution is 0.102. The van der Waals surface area contributed by atoms with E-state index in [2.05, 4.69) is 20.8 Å². The number of halogens is 2. The number of carbonyl (C=O) groups is 1. The van der Waals surface area contributed by atoms with Crippen molar-refractivity contribution in [2.45, 2.75) is 0 Å². The van der Waals surface area contributed by atoms with Gasteiger partial charge in [0.2, 0.25) is 0 Å². The summed E-state index contributed by atoms with van der Waals surface area (Å²) in [6, 6.07) is 10.5. The maximum atomic E-state index is 13.5. The molecule has 22 heavy (non-hydrogen) atoms. The van der Waals surface area contributed by atoms with E-state index in [9.17, 15) is 9.18 Å². The normalized spacial score (nSPS) is 10.5. The highest BCUT2D eigenvalue weighted by molar-refractivity contribution is 6.33. The summed E-state index contributed by atoms with van der Waals surface area (Å²) in [4.78, 5) is 12.4. The number of anilines is 1. The lowest BCUT2D eigenvalue weighted by Gasteiger charge is -2.10. The van der Waals surface area contributed by atoms with Crippen molar-refractivity contribution in [1.29, 1.82) is 0 Å². The number of tetrazole rings is 1. The number of para-hydroxylation sites is 1. The van der Waals surface area contributed by atoms with Crippen molar-refractivity contribution in [2.75, 3.05) is 5.32 Å². The van der Waals surface area contributed by atoms with Gasteiger partial charge in [0.1, 0.15) is 12.1 Å². The van der Waals surface area contributed by atoms with Gasteiger partial charge in [-0.25, -0.2) is 4.39 Å². The molecule has 0 atom stereocenters. The molecule has 0 spiro atoms. The van der Waals surface area contributed by atoms with Crippen LogP contribution in [0.3, 0.4) is 0 Å². The first-order valence-electron chi connectivity index (χ1n) is 6.24. The van der Waals surface area contributed by atoms with E-state index in [1.165, 1.54) is 23.1 Å². The minimum Gasteiger partial charge on any atom is -0.321 e. The number of hydrogen-bond acceptors (Lipinski definition) is 4. The van der Waals surface area contributed by atoms with Crippen molar-refractivity contribution >= 4 is 23.2 Å². The van der Waals surface area contributed by atoms with Crippen LogP contribution in [0.2, 0.25) is 5.02 Å². The van der Waals surface area contributed by atoms with E-state index in [-0.39, 0.29) is 5.56 Å². The van der Waals surface area contributed by atoms with Crippen molar-refractivity contribution in [1.82, 2.24) is 20.2 Å². The zero-order chi connectivity index (χ0) is 15.5. The Kier molecular flexibility index (Phi) is 3.80. The molecule has 2 aromatic carbocycles. The van der Waals surface area contributed by atoms with Crippen LogP contribution in [0.1, 0.15) is 10.4 Å². The smallest absolute Gasteiger partial charge is 0.258 e. The number of carbonyl (C=O) groups excluding carboxylic acids is 1. The largest absolute Gasteiger partial charge is 0.321 e.